The van der Waals surface area contributed by atoms with Crippen molar-refractivity contribution in [2.75, 3.05) is 0 Å². The van der Waals surface area contributed by atoms with Crippen molar-refractivity contribution in [1.82, 2.24) is 0 Å². The molecule has 0 aromatic carbocycles. The van der Waals surface area contributed by atoms with Gasteiger partial charge < -0.3 is 10.8 Å². The van der Waals surface area contributed by atoms with Gasteiger partial charge in [0.15, 0.2) is 0 Å². The van der Waals surface area contributed by atoms with Crippen LogP contribution in [0.1, 0.15) is 58.3 Å². The zero-order valence-corrected chi connectivity index (χ0v) is 10.4. The van der Waals surface area contributed by atoms with E-state index >= 15 is 0 Å². The zero-order valence-electron chi connectivity index (χ0n) is 10.4. The lowest BCUT2D eigenvalue weighted by Gasteiger charge is -2.38. The van der Waals surface area contributed by atoms with Crippen LogP contribution in [0.3, 0.4) is 0 Å². The molecule has 0 saturated heterocycles. The summed E-state index contributed by atoms with van der Waals surface area (Å²) in [7, 11) is 0. The van der Waals surface area contributed by atoms with Crippen molar-refractivity contribution < 1.29 is 5.11 Å². The van der Waals surface area contributed by atoms with E-state index in [1.807, 2.05) is 0 Å². The predicted molar refractivity (Wildman–Crippen MR) is 64.9 cm³/mol. The van der Waals surface area contributed by atoms with Crippen LogP contribution in [-0.2, 0) is 0 Å². The molecule has 16 heavy (non-hydrogen) atoms. The van der Waals surface area contributed by atoms with Crippen LogP contribution < -0.4 is 5.73 Å². The summed E-state index contributed by atoms with van der Waals surface area (Å²) in [6.07, 6.45) is 9.07. The van der Waals surface area contributed by atoms with E-state index in [0.717, 1.165) is 43.9 Å². The zero-order chi connectivity index (χ0) is 11.4. The maximum absolute atomic E-state index is 10.6. The normalized spacial score (nSPS) is 55.3. The molecule has 92 valence electrons. The summed E-state index contributed by atoms with van der Waals surface area (Å²) in [5.41, 5.74) is 6.38. The summed E-state index contributed by atoms with van der Waals surface area (Å²) in [5.74, 6) is 2.20. The largest absolute Gasteiger partial charge is 0.390 e. The van der Waals surface area contributed by atoms with E-state index in [-0.39, 0.29) is 11.1 Å². The highest BCUT2D eigenvalue weighted by atomic mass is 16.3. The fourth-order valence-corrected chi connectivity index (χ4v) is 5.08. The Balaban J connectivity index is 1.91. The summed E-state index contributed by atoms with van der Waals surface area (Å²) in [4.78, 5) is 0. The Bertz CT molecular complexity index is 292. The van der Waals surface area contributed by atoms with E-state index in [9.17, 15) is 5.11 Å². The van der Waals surface area contributed by atoms with Crippen molar-refractivity contribution in [2.24, 2.45) is 23.5 Å². The first-order valence-corrected chi connectivity index (χ1v) is 7.06. The maximum atomic E-state index is 10.6. The van der Waals surface area contributed by atoms with Gasteiger partial charge >= 0.3 is 0 Å². The van der Waals surface area contributed by atoms with Crippen molar-refractivity contribution in [1.29, 1.82) is 0 Å². The Hall–Kier alpha value is -0.0800. The average Bonchev–Trinajstić information content (AvgIpc) is 2.49. The van der Waals surface area contributed by atoms with Crippen LogP contribution in [0.4, 0.5) is 0 Å². The third-order valence-electron chi connectivity index (χ3n) is 5.61. The minimum Gasteiger partial charge on any atom is -0.390 e. The highest BCUT2D eigenvalue weighted by Gasteiger charge is 2.55. The number of hydrogen-bond donors (Lipinski definition) is 2. The molecule has 5 atom stereocenters. The van der Waals surface area contributed by atoms with E-state index in [2.05, 4.69) is 6.92 Å². The number of fused-ring (bicyclic) bond motifs is 2. The number of nitrogens with two attached hydrogens (primary N) is 1. The molecular formula is C14H25NO. The van der Waals surface area contributed by atoms with Crippen molar-refractivity contribution in [2.45, 2.75) is 69.4 Å². The maximum Gasteiger partial charge on any atom is 0.0653 e. The molecule has 3 fully saturated rings. The highest BCUT2D eigenvalue weighted by Crippen LogP contribution is 2.58. The van der Waals surface area contributed by atoms with E-state index in [0.29, 0.717) is 5.92 Å². The van der Waals surface area contributed by atoms with Crippen LogP contribution in [-0.4, -0.2) is 16.2 Å². The smallest absolute Gasteiger partial charge is 0.0653 e. The fraction of sp³-hybridized carbons (Fsp3) is 1.00. The van der Waals surface area contributed by atoms with Gasteiger partial charge in [0.1, 0.15) is 0 Å². The van der Waals surface area contributed by atoms with Crippen molar-refractivity contribution in [3.63, 3.8) is 0 Å². The Labute approximate surface area is 98.6 Å². The molecule has 2 nitrogen and oxygen atoms in total. The quantitative estimate of drug-likeness (QED) is 0.755. The minimum absolute atomic E-state index is 0.0407. The van der Waals surface area contributed by atoms with Gasteiger partial charge in [0, 0.05) is 5.54 Å². The second-order valence-electron chi connectivity index (χ2n) is 6.82. The van der Waals surface area contributed by atoms with Crippen molar-refractivity contribution in [3.8, 4) is 0 Å². The standard InChI is InChI=1S/C14H25NO/c1-2-3-14(15)5-4-13(16)8-10-6-11(9-13)12(14)7-10/h10-12,16H,2-9,15H2,1H3. The summed E-state index contributed by atoms with van der Waals surface area (Å²) in [6, 6.07) is 0. The van der Waals surface area contributed by atoms with Crippen molar-refractivity contribution in [3.05, 3.63) is 0 Å². The Morgan fingerprint density at radius 2 is 2.06 bits per heavy atom. The summed E-state index contributed by atoms with van der Waals surface area (Å²) < 4.78 is 0. The first-order valence-electron chi connectivity index (χ1n) is 7.06. The Morgan fingerprint density at radius 3 is 2.81 bits per heavy atom. The topological polar surface area (TPSA) is 46.2 Å². The molecule has 5 unspecified atom stereocenters. The number of rotatable bonds is 2. The van der Waals surface area contributed by atoms with Crippen LogP contribution in [0.25, 0.3) is 0 Å². The van der Waals surface area contributed by atoms with Gasteiger partial charge in [-0.15, -0.1) is 0 Å². The van der Waals surface area contributed by atoms with Gasteiger partial charge in [-0.1, -0.05) is 13.3 Å². The van der Waals surface area contributed by atoms with Crippen LogP contribution >= 0.6 is 0 Å². The second kappa shape index (κ2) is 3.46. The molecule has 2 heteroatoms. The number of aliphatic hydroxyl groups is 1. The fourth-order valence-electron chi connectivity index (χ4n) is 5.08. The van der Waals surface area contributed by atoms with Crippen LogP contribution in [0.5, 0.6) is 0 Å². The van der Waals surface area contributed by atoms with Gasteiger partial charge in [-0.2, -0.15) is 0 Å². The van der Waals surface area contributed by atoms with Crippen LogP contribution in [0.15, 0.2) is 0 Å². The first kappa shape index (κ1) is 11.0. The molecule has 3 bridgehead atoms. The van der Waals surface area contributed by atoms with Crippen molar-refractivity contribution >= 4 is 0 Å². The Morgan fingerprint density at radius 1 is 1.25 bits per heavy atom. The minimum atomic E-state index is -0.350. The van der Waals surface area contributed by atoms with Gasteiger partial charge in [-0.05, 0) is 62.7 Å². The van der Waals surface area contributed by atoms with Gasteiger partial charge in [-0.3, -0.25) is 0 Å². The molecule has 3 aliphatic carbocycles. The molecule has 3 N–H and O–H groups in total. The highest BCUT2D eigenvalue weighted by molar-refractivity contribution is 5.09. The molecule has 0 aliphatic heterocycles. The summed E-state index contributed by atoms with van der Waals surface area (Å²) >= 11 is 0. The SMILES string of the molecule is CCCC1(N)CCC2(O)CC3CC(C2)C1C3. The molecule has 0 aromatic rings. The molecule has 0 radical (unpaired) electrons. The lowest BCUT2D eigenvalue weighted by atomic mass is 9.74. The average molecular weight is 223 g/mol. The molecular weight excluding hydrogens is 198 g/mol. The van der Waals surface area contributed by atoms with Gasteiger partial charge in [0.25, 0.3) is 0 Å². The third-order valence-corrected chi connectivity index (χ3v) is 5.61. The monoisotopic (exact) mass is 223 g/mol. The van der Waals surface area contributed by atoms with Crippen LogP contribution in [0, 0.1) is 17.8 Å². The van der Waals surface area contributed by atoms with E-state index in [1.165, 1.54) is 19.3 Å². The molecule has 0 spiro atoms. The van der Waals surface area contributed by atoms with Gasteiger partial charge in [0.05, 0.1) is 5.60 Å². The predicted octanol–water partition coefficient (Wildman–Crippen LogP) is 2.45. The lowest BCUT2D eigenvalue weighted by Crippen LogP contribution is -2.48. The first-order chi connectivity index (χ1) is 7.55. The molecule has 3 rings (SSSR count). The lowest BCUT2D eigenvalue weighted by molar-refractivity contribution is -0.0254. The summed E-state index contributed by atoms with van der Waals surface area (Å²) in [5, 5.41) is 10.6. The third kappa shape index (κ3) is 1.53. The molecule has 3 aliphatic rings. The summed E-state index contributed by atoms with van der Waals surface area (Å²) in [6.45, 7) is 2.24. The van der Waals surface area contributed by atoms with Gasteiger partial charge in [-0.25, -0.2) is 0 Å². The second-order valence-corrected chi connectivity index (χ2v) is 6.82. The van der Waals surface area contributed by atoms with Gasteiger partial charge in [0.2, 0.25) is 0 Å². The van der Waals surface area contributed by atoms with E-state index in [4.69, 9.17) is 5.73 Å². The molecule has 3 saturated carbocycles. The Kier molecular flexibility index (Phi) is 2.38. The van der Waals surface area contributed by atoms with Crippen LogP contribution in [0.2, 0.25) is 0 Å². The molecule has 0 amide bonds. The van der Waals surface area contributed by atoms with E-state index in [1.54, 1.807) is 0 Å². The number of hydrogen-bond acceptors (Lipinski definition) is 2. The molecule has 0 aromatic heterocycles. The molecule has 0 heterocycles. The van der Waals surface area contributed by atoms with E-state index < -0.39 is 0 Å².